The summed E-state index contributed by atoms with van der Waals surface area (Å²) in [6.45, 7) is 1.96. The van der Waals surface area contributed by atoms with Gasteiger partial charge >= 0.3 is 0 Å². The summed E-state index contributed by atoms with van der Waals surface area (Å²) in [7, 11) is 0. The Morgan fingerprint density at radius 1 is 1.11 bits per heavy atom. The van der Waals surface area contributed by atoms with Gasteiger partial charge in [-0.25, -0.2) is 0 Å². The van der Waals surface area contributed by atoms with Crippen LogP contribution in [0.15, 0.2) is 50.8 Å². The minimum absolute atomic E-state index is 0.793. The van der Waals surface area contributed by atoms with Gasteiger partial charge in [-0.05, 0) is 42.1 Å². The molecule has 0 aliphatic carbocycles. The molecule has 3 rings (SSSR count). The van der Waals surface area contributed by atoms with Gasteiger partial charge in [0, 0.05) is 17.7 Å². The van der Waals surface area contributed by atoms with Crippen molar-refractivity contribution in [3.8, 4) is 0 Å². The normalized spacial score (nSPS) is 10.9. The van der Waals surface area contributed by atoms with Crippen LogP contribution in [0.25, 0.3) is 0 Å². The molecule has 0 N–H and O–H groups in total. The molecule has 0 fully saturated rings. The lowest BCUT2D eigenvalue weighted by Crippen LogP contribution is -1.82. The van der Waals surface area contributed by atoms with E-state index in [-0.39, 0.29) is 0 Å². The van der Waals surface area contributed by atoms with Crippen LogP contribution < -0.4 is 0 Å². The monoisotopic (exact) mass is 258 g/mol. The van der Waals surface area contributed by atoms with Gasteiger partial charge in [-0.3, -0.25) is 0 Å². The second-order valence-corrected chi connectivity index (χ2v) is 5.40. The third-order valence-corrected chi connectivity index (χ3v) is 3.69. The molecule has 3 aromatic rings. The Hall–Kier alpha value is -1.74. The van der Waals surface area contributed by atoms with Crippen LogP contribution in [-0.4, -0.2) is 0 Å². The Bertz CT molecular complexity index is 617. The number of rotatable bonds is 4. The van der Waals surface area contributed by atoms with Gasteiger partial charge in [0.25, 0.3) is 0 Å². The fourth-order valence-electron chi connectivity index (χ4n) is 1.98. The highest BCUT2D eigenvalue weighted by atomic mass is 32.1. The predicted molar refractivity (Wildman–Crippen MR) is 72.1 cm³/mol. The second-order valence-electron chi connectivity index (χ2n) is 4.37. The molecule has 0 bridgehead atoms. The van der Waals surface area contributed by atoms with E-state index in [2.05, 4.69) is 23.6 Å². The van der Waals surface area contributed by atoms with Crippen molar-refractivity contribution >= 4 is 11.3 Å². The van der Waals surface area contributed by atoms with Crippen LogP contribution in [0.4, 0.5) is 0 Å². The minimum atomic E-state index is 0.793. The molecule has 0 amide bonds. The molecule has 0 aliphatic heterocycles. The molecule has 3 heteroatoms. The lowest BCUT2D eigenvalue weighted by atomic mass is 10.2. The van der Waals surface area contributed by atoms with E-state index < -0.39 is 0 Å². The molecule has 0 saturated carbocycles. The molecular formula is C15H14O2S. The lowest BCUT2D eigenvalue weighted by molar-refractivity contribution is 0.489. The Balaban J connectivity index is 1.69. The topological polar surface area (TPSA) is 26.3 Å². The lowest BCUT2D eigenvalue weighted by Gasteiger charge is -1.92. The number of hydrogen-bond acceptors (Lipinski definition) is 3. The molecule has 3 heterocycles. The van der Waals surface area contributed by atoms with Crippen molar-refractivity contribution in [1.82, 2.24) is 0 Å². The van der Waals surface area contributed by atoms with Gasteiger partial charge in [-0.15, -0.1) is 11.3 Å². The minimum Gasteiger partial charge on any atom is -0.469 e. The average molecular weight is 258 g/mol. The molecule has 0 spiro atoms. The first-order valence-electron chi connectivity index (χ1n) is 5.93. The maximum Gasteiger partial charge on any atom is 0.109 e. The van der Waals surface area contributed by atoms with Gasteiger partial charge in [0.15, 0.2) is 0 Å². The molecule has 92 valence electrons. The Kier molecular flexibility index (Phi) is 3.07. The van der Waals surface area contributed by atoms with Crippen LogP contribution in [0.2, 0.25) is 0 Å². The largest absolute Gasteiger partial charge is 0.469 e. The van der Waals surface area contributed by atoms with E-state index in [9.17, 15) is 0 Å². The van der Waals surface area contributed by atoms with Gasteiger partial charge < -0.3 is 8.83 Å². The first kappa shape index (κ1) is 11.4. The van der Waals surface area contributed by atoms with Crippen LogP contribution in [0.1, 0.15) is 27.7 Å². The van der Waals surface area contributed by atoms with E-state index in [1.54, 1.807) is 11.3 Å². The number of aryl methyl sites for hydroxylation is 1. The van der Waals surface area contributed by atoms with Crippen LogP contribution in [-0.2, 0) is 12.8 Å². The van der Waals surface area contributed by atoms with E-state index in [0.717, 1.165) is 35.7 Å². The zero-order valence-electron chi connectivity index (χ0n) is 10.2. The van der Waals surface area contributed by atoms with Gasteiger partial charge in [0.05, 0.1) is 6.26 Å². The third kappa shape index (κ3) is 2.57. The molecule has 18 heavy (non-hydrogen) atoms. The van der Waals surface area contributed by atoms with Crippen molar-refractivity contribution in [2.24, 2.45) is 0 Å². The van der Waals surface area contributed by atoms with E-state index in [0.29, 0.717) is 0 Å². The first-order chi connectivity index (χ1) is 8.79. The average Bonchev–Trinajstić information content (AvgIpc) is 3.04. The summed E-state index contributed by atoms with van der Waals surface area (Å²) in [5.74, 6) is 2.94. The van der Waals surface area contributed by atoms with Crippen molar-refractivity contribution in [2.45, 2.75) is 19.8 Å². The van der Waals surface area contributed by atoms with Crippen molar-refractivity contribution in [1.29, 1.82) is 0 Å². The second kappa shape index (κ2) is 4.86. The highest BCUT2D eigenvalue weighted by Crippen LogP contribution is 2.19. The number of furan rings is 2. The van der Waals surface area contributed by atoms with E-state index in [1.807, 2.05) is 25.3 Å². The van der Waals surface area contributed by atoms with Crippen molar-refractivity contribution < 1.29 is 8.83 Å². The van der Waals surface area contributed by atoms with E-state index in [1.165, 1.54) is 4.88 Å². The van der Waals surface area contributed by atoms with Gasteiger partial charge in [0.1, 0.15) is 17.3 Å². The number of hydrogen-bond donors (Lipinski definition) is 0. The number of thiophene rings is 1. The summed E-state index contributed by atoms with van der Waals surface area (Å²) in [6, 6.07) is 10.3. The molecular weight excluding hydrogens is 244 g/mol. The molecule has 0 atom stereocenters. The van der Waals surface area contributed by atoms with Crippen LogP contribution in [0.3, 0.4) is 0 Å². The SMILES string of the molecule is Cc1ccc(Cc2coc(Cc3cccs3)c2)o1. The van der Waals surface area contributed by atoms with Crippen molar-refractivity contribution in [3.63, 3.8) is 0 Å². The smallest absolute Gasteiger partial charge is 0.109 e. The summed E-state index contributed by atoms with van der Waals surface area (Å²) < 4.78 is 11.1. The Morgan fingerprint density at radius 3 is 2.78 bits per heavy atom. The molecule has 0 radical (unpaired) electrons. The summed E-state index contributed by atoms with van der Waals surface area (Å²) in [5, 5.41) is 2.09. The Morgan fingerprint density at radius 2 is 2.06 bits per heavy atom. The van der Waals surface area contributed by atoms with Gasteiger partial charge in [-0.1, -0.05) is 6.07 Å². The Labute approximate surface area is 110 Å². The third-order valence-electron chi connectivity index (χ3n) is 2.81. The zero-order valence-corrected chi connectivity index (χ0v) is 11.0. The molecule has 0 aromatic carbocycles. The van der Waals surface area contributed by atoms with Crippen molar-refractivity contribution in [2.75, 3.05) is 0 Å². The molecule has 0 saturated heterocycles. The summed E-state index contributed by atoms with van der Waals surface area (Å²) in [5.41, 5.74) is 1.16. The van der Waals surface area contributed by atoms with Crippen LogP contribution in [0, 0.1) is 6.92 Å². The fourth-order valence-corrected chi connectivity index (χ4v) is 2.69. The zero-order chi connectivity index (χ0) is 12.4. The first-order valence-corrected chi connectivity index (χ1v) is 6.81. The molecule has 0 aliphatic rings. The van der Waals surface area contributed by atoms with Gasteiger partial charge in [-0.2, -0.15) is 0 Å². The fraction of sp³-hybridized carbons (Fsp3) is 0.200. The maximum absolute atomic E-state index is 5.58. The van der Waals surface area contributed by atoms with E-state index >= 15 is 0 Å². The van der Waals surface area contributed by atoms with Crippen LogP contribution >= 0.6 is 11.3 Å². The van der Waals surface area contributed by atoms with Crippen LogP contribution in [0.5, 0.6) is 0 Å². The summed E-state index contributed by atoms with van der Waals surface area (Å²) in [6.07, 6.45) is 3.48. The molecule has 0 unspecified atom stereocenters. The summed E-state index contributed by atoms with van der Waals surface area (Å²) >= 11 is 1.76. The molecule has 3 aromatic heterocycles. The van der Waals surface area contributed by atoms with Crippen molar-refractivity contribution in [3.05, 3.63) is 69.7 Å². The highest BCUT2D eigenvalue weighted by molar-refractivity contribution is 7.09. The van der Waals surface area contributed by atoms with E-state index in [4.69, 9.17) is 8.83 Å². The highest BCUT2D eigenvalue weighted by Gasteiger charge is 2.06. The maximum atomic E-state index is 5.58. The predicted octanol–water partition coefficient (Wildman–Crippen LogP) is 4.42. The van der Waals surface area contributed by atoms with Gasteiger partial charge in [0.2, 0.25) is 0 Å². The summed E-state index contributed by atoms with van der Waals surface area (Å²) in [4.78, 5) is 1.32. The quantitative estimate of drug-likeness (QED) is 0.692. The molecule has 2 nitrogen and oxygen atoms in total. The standard InChI is InChI=1S/C15H14O2S/c1-11-4-5-13(17-11)7-12-8-14(16-10-12)9-15-3-2-6-18-15/h2-6,8,10H,7,9H2,1H3.